The number of halogens is 1. The van der Waals surface area contributed by atoms with Crippen molar-refractivity contribution in [2.75, 3.05) is 0 Å². The molecule has 0 aliphatic heterocycles. The van der Waals surface area contributed by atoms with Crippen LogP contribution in [-0.4, -0.2) is 39.1 Å². The molecule has 0 saturated heterocycles. The van der Waals surface area contributed by atoms with E-state index in [1.54, 1.807) is 32.0 Å². The minimum absolute atomic E-state index is 0.0173. The molecule has 53 heavy (non-hydrogen) atoms. The van der Waals surface area contributed by atoms with Crippen LogP contribution in [0.15, 0.2) is 39.8 Å². The second-order valence-corrected chi connectivity index (χ2v) is 19.8. The summed E-state index contributed by atoms with van der Waals surface area (Å²) in [5, 5.41) is 18.3. The van der Waals surface area contributed by atoms with Gasteiger partial charge in [0.25, 0.3) is 5.89 Å². The van der Waals surface area contributed by atoms with E-state index in [0.29, 0.717) is 30.6 Å². The highest BCUT2D eigenvalue weighted by Gasteiger charge is 2.70. The van der Waals surface area contributed by atoms with Crippen molar-refractivity contribution < 1.29 is 33.0 Å². The number of fused-ring (bicyclic) bond motifs is 7. The molecule has 1 heterocycles. The first-order valence-corrected chi connectivity index (χ1v) is 20.0. The Hall–Kier alpha value is -3.36. The van der Waals surface area contributed by atoms with Gasteiger partial charge < -0.3 is 14.3 Å². The fraction of sp³-hybridized carbons (Fsp3) is 0.705. The van der Waals surface area contributed by atoms with Gasteiger partial charge in [-0.3, -0.25) is 14.4 Å². The van der Waals surface area contributed by atoms with Gasteiger partial charge in [-0.25, -0.2) is 4.39 Å². The van der Waals surface area contributed by atoms with E-state index in [1.165, 1.54) is 11.6 Å². The zero-order chi connectivity index (χ0) is 38.5. The molecule has 5 aliphatic carbocycles. The van der Waals surface area contributed by atoms with Crippen molar-refractivity contribution in [1.29, 1.82) is 0 Å². The van der Waals surface area contributed by atoms with Crippen molar-refractivity contribution in [2.24, 2.45) is 56.2 Å². The zero-order valence-corrected chi connectivity index (χ0v) is 33.2. The van der Waals surface area contributed by atoms with E-state index in [0.717, 1.165) is 56.9 Å². The van der Waals surface area contributed by atoms with Gasteiger partial charge in [0.2, 0.25) is 5.89 Å². The number of carbonyl (C=O) groups is 3. The largest absolute Gasteiger partial charge is 0.481 e. The molecule has 5 aliphatic rings. The fourth-order valence-electron chi connectivity index (χ4n) is 13.1. The lowest BCUT2D eigenvalue weighted by Gasteiger charge is -2.72. The van der Waals surface area contributed by atoms with Crippen LogP contribution in [0.25, 0.3) is 11.5 Å². The van der Waals surface area contributed by atoms with Gasteiger partial charge in [0, 0.05) is 23.7 Å². The van der Waals surface area contributed by atoms with Crippen LogP contribution in [0, 0.1) is 62.0 Å². The number of allylic oxidation sites excluding steroid dienone is 2. The third kappa shape index (κ3) is 5.67. The molecule has 0 bridgehead atoms. The second kappa shape index (κ2) is 12.6. The van der Waals surface area contributed by atoms with Crippen molar-refractivity contribution in [3.05, 3.63) is 47.1 Å². The number of carbonyl (C=O) groups excluding carboxylic acids is 2. The molecule has 288 valence electrons. The van der Waals surface area contributed by atoms with Crippen molar-refractivity contribution in [2.45, 2.75) is 139 Å². The Labute approximate surface area is 314 Å². The number of carboxylic acids is 1. The summed E-state index contributed by atoms with van der Waals surface area (Å²) in [4.78, 5) is 38.9. The van der Waals surface area contributed by atoms with Crippen molar-refractivity contribution in [3.63, 3.8) is 0 Å². The van der Waals surface area contributed by atoms with Gasteiger partial charge in [0.05, 0.1) is 17.4 Å². The molecule has 2 aromatic rings. The lowest BCUT2D eigenvalue weighted by Crippen LogP contribution is -2.65. The maximum atomic E-state index is 14.7. The second-order valence-electron chi connectivity index (χ2n) is 19.8. The summed E-state index contributed by atoms with van der Waals surface area (Å²) in [6.07, 6.45) is 8.35. The van der Waals surface area contributed by atoms with E-state index >= 15 is 0 Å². The average Bonchev–Trinajstić information content (AvgIpc) is 3.64. The lowest BCUT2D eigenvalue weighted by molar-refractivity contribution is -0.233. The molecule has 1 aromatic heterocycles. The summed E-state index contributed by atoms with van der Waals surface area (Å²) < 4.78 is 27.0. The van der Waals surface area contributed by atoms with Gasteiger partial charge in [0.15, 0.2) is 5.78 Å². The van der Waals surface area contributed by atoms with Crippen LogP contribution >= 0.6 is 0 Å². The Balaban J connectivity index is 1.18. The van der Waals surface area contributed by atoms with E-state index in [4.69, 9.17) is 9.15 Å². The molecule has 3 unspecified atom stereocenters. The first-order chi connectivity index (χ1) is 24.7. The number of ether oxygens (including phenoxy) is 1. The van der Waals surface area contributed by atoms with Gasteiger partial charge in [-0.1, -0.05) is 66.2 Å². The van der Waals surface area contributed by atoms with E-state index in [1.807, 2.05) is 0 Å². The minimum Gasteiger partial charge on any atom is -0.481 e. The van der Waals surface area contributed by atoms with Gasteiger partial charge >= 0.3 is 11.9 Å². The molecule has 0 spiro atoms. The van der Waals surface area contributed by atoms with Gasteiger partial charge in [0.1, 0.15) is 11.9 Å². The number of ketones is 1. The summed E-state index contributed by atoms with van der Waals surface area (Å²) in [5.41, 5.74) is 0.891. The number of benzene rings is 1. The number of aromatic nitrogens is 2. The Morgan fingerprint density at radius 1 is 0.962 bits per heavy atom. The summed E-state index contributed by atoms with van der Waals surface area (Å²) >= 11 is 0. The number of carboxylic acid groups (broad SMARTS) is 1. The first kappa shape index (κ1) is 37.9. The highest BCUT2D eigenvalue weighted by molar-refractivity contribution is 6.00. The van der Waals surface area contributed by atoms with Crippen molar-refractivity contribution in [1.82, 2.24) is 10.2 Å². The lowest BCUT2D eigenvalue weighted by atomic mass is 9.33. The van der Waals surface area contributed by atoms with Gasteiger partial charge in [-0.2, -0.15) is 0 Å². The third-order valence-corrected chi connectivity index (χ3v) is 16.0. The fourth-order valence-corrected chi connectivity index (χ4v) is 13.1. The molecule has 8 nitrogen and oxygen atoms in total. The van der Waals surface area contributed by atoms with Crippen LogP contribution in [0.1, 0.15) is 132 Å². The molecular weight excluding hydrogens is 671 g/mol. The van der Waals surface area contributed by atoms with Crippen LogP contribution in [0.3, 0.4) is 0 Å². The highest BCUT2D eigenvalue weighted by atomic mass is 19.1. The maximum absolute atomic E-state index is 14.7. The number of hydrogen-bond donors (Lipinski definition) is 1. The van der Waals surface area contributed by atoms with Crippen LogP contribution in [-0.2, 0) is 25.5 Å². The number of Topliss-reactive ketones (excluding diaryl/α,β-unsaturated/α-hetero) is 1. The number of esters is 1. The Bertz CT molecular complexity index is 1860. The molecular formula is C44H59FN2O6. The minimum atomic E-state index is -1.17. The Morgan fingerprint density at radius 2 is 1.68 bits per heavy atom. The average molecular weight is 731 g/mol. The first-order valence-electron chi connectivity index (χ1n) is 20.0. The Morgan fingerprint density at radius 3 is 2.36 bits per heavy atom. The summed E-state index contributed by atoms with van der Waals surface area (Å²) in [5.74, 6) is 0.250. The normalized spacial score (nSPS) is 36.4. The molecule has 1 aromatic carbocycles. The van der Waals surface area contributed by atoms with Crippen LogP contribution < -0.4 is 0 Å². The van der Waals surface area contributed by atoms with E-state index in [-0.39, 0.29) is 68.7 Å². The standard InChI is InChI=1S/C44H59FN2O6/c1-25(2)35-29(48)22-44(23-33-46-47-37(53-33)26-12-10-11-13-28(26)45)21-20-42(8)27(36(35)44)14-15-31-41(7)18-17-32(52-34(49)24-39(3,4)38(50)51)40(5,6)30(41)16-19-43(31,42)9/h10-13,25,27,30-32H,14-24H2,1-9H3,(H,50,51)/t27?,30-,31+,32-,41?,42+,43?,44-/m0/s1. The zero-order valence-electron chi connectivity index (χ0n) is 33.2. The van der Waals surface area contributed by atoms with Crippen molar-refractivity contribution >= 4 is 17.7 Å². The van der Waals surface area contributed by atoms with Crippen LogP contribution in [0.5, 0.6) is 0 Å². The van der Waals surface area contributed by atoms with Crippen LogP contribution in [0.4, 0.5) is 4.39 Å². The summed E-state index contributed by atoms with van der Waals surface area (Å²) in [6.45, 7) is 19.6. The molecule has 7 rings (SSSR count). The molecule has 8 atom stereocenters. The van der Waals surface area contributed by atoms with Crippen molar-refractivity contribution in [3.8, 4) is 11.5 Å². The van der Waals surface area contributed by atoms with Gasteiger partial charge in [-0.05, 0) is 123 Å². The summed E-state index contributed by atoms with van der Waals surface area (Å²) in [7, 11) is 0. The smallest absolute Gasteiger partial charge is 0.309 e. The molecule has 4 saturated carbocycles. The highest BCUT2D eigenvalue weighted by Crippen LogP contribution is 2.77. The molecule has 9 heteroatoms. The molecule has 0 amide bonds. The predicted octanol–water partition coefficient (Wildman–Crippen LogP) is 9.81. The quantitative estimate of drug-likeness (QED) is 0.267. The maximum Gasteiger partial charge on any atom is 0.309 e. The SMILES string of the molecule is CC(C)C1=C2C3CC[C@@H]4C5(C)CC[C@H](OC(=O)CC(C)(C)C(=O)O)C(C)(C)[C@@H]5CCC4(C)[C@]3(C)CC[C@@]2(Cc2nnc(-c3ccccc3F)o2)CC1=O. The molecule has 4 fully saturated rings. The van der Waals surface area contributed by atoms with E-state index in [2.05, 4.69) is 58.7 Å². The number of rotatable bonds is 8. The van der Waals surface area contributed by atoms with E-state index in [9.17, 15) is 23.9 Å². The topological polar surface area (TPSA) is 120 Å². The molecule has 1 N–H and O–H groups in total. The number of hydrogen-bond acceptors (Lipinski definition) is 7. The summed E-state index contributed by atoms with van der Waals surface area (Å²) in [6, 6.07) is 6.44. The number of aliphatic carboxylic acids is 1. The molecule has 0 radical (unpaired) electrons. The Kier molecular flexibility index (Phi) is 9.01. The predicted molar refractivity (Wildman–Crippen MR) is 199 cm³/mol. The van der Waals surface area contributed by atoms with Crippen LogP contribution in [0.2, 0.25) is 0 Å². The third-order valence-electron chi connectivity index (χ3n) is 16.0. The monoisotopic (exact) mass is 730 g/mol. The van der Waals surface area contributed by atoms with Gasteiger partial charge in [-0.15, -0.1) is 10.2 Å². The number of nitrogens with zero attached hydrogens (tertiary/aromatic N) is 2. The van der Waals surface area contributed by atoms with E-state index < -0.39 is 23.2 Å².